The van der Waals surface area contributed by atoms with Gasteiger partial charge in [-0.25, -0.2) is 4.98 Å². The van der Waals surface area contributed by atoms with Crippen LogP contribution >= 0.6 is 0 Å². The van der Waals surface area contributed by atoms with Gasteiger partial charge in [-0.2, -0.15) is 5.10 Å². The molecule has 5 heterocycles. The molecule has 0 unspecified atom stereocenters. The highest BCUT2D eigenvalue weighted by Crippen LogP contribution is 2.34. The van der Waals surface area contributed by atoms with E-state index in [0.29, 0.717) is 0 Å². The van der Waals surface area contributed by atoms with E-state index in [9.17, 15) is 0 Å². The van der Waals surface area contributed by atoms with E-state index in [0.717, 1.165) is 61.4 Å². The molecule has 0 aliphatic heterocycles. The lowest BCUT2D eigenvalue weighted by atomic mass is 10.1. The molecule has 33 heavy (non-hydrogen) atoms. The lowest BCUT2D eigenvalue weighted by Gasteiger charge is -2.12. The third kappa shape index (κ3) is 3.30. The molecule has 1 aromatic carbocycles. The molecule has 5 aromatic heterocycles. The summed E-state index contributed by atoms with van der Waals surface area (Å²) in [4.78, 5) is 19.1. The molecule has 0 fully saturated rings. The van der Waals surface area contributed by atoms with Crippen LogP contribution in [0, 0.1) is 0 Å². The number of pyridine rings is 3. The van der Waals surface area contributed by atoms with E-state index >= 15 is 0 Å². The van der Waals surface area contributed by atoms with Crippen LogP contribution in [0.2, 0.25) is 0 Å². The number of rotatable bonds is 4. The maximum absolute atomic E-state index is 4.61. The van der Waals surface area contributed by atoms with E-state index in [2.05, 4.69) is 60.5 Å². The highest BCUT2D eigenvalue weighted by molar-refractivity contribution is 6.00. The number of H-pyrrole nitrogens is 2. The van der Waals surface area contributed by atoms with Crippen LogP contribution in [0.3, 0.4) is 0 Å². The average molecular weight is 432 g/mol. The van der Waals surface area contributed by atoms with E-state index in [-0.39, 0.29) is 0 Å². The van der Waals surface area contributed by atoms with Crippen LogP contribution in [-0.4, -0.2) is 44.2 Å². The maximum atomic E-state index is 4.61. The van der Waals surface area contributed by atoms with E-state index in [1.54, 1.807) is 0 Å². The molecule has 0 aliphatic carbocycles. The molecule has 0 aliphatic rings. The average Bonchev–Trinajstić information content (AvgIpc) is 3.48. The number of nitrogens with one attached hydrogen (secondary N) is 2. The molecule has 0 spiro atoms. The number of nitrogens with zero attached hydrogens (tertiary/aromatic N) is 5. The van der Waals surface area contributed by atoms with Gasteiger partial charge in [-0.15, -0.1) is 0 Å². The first-order chi connectivity index (χ1) is 16.2. The zero-order chi connectivity index (χ0) is 22.4. The first kappa shape index (κ1) is 19.2. The van der Waals surface area contributed by atoms with Crippen LogP contribution in [0.4, 0.5) is 5.69 Å². The van der Waals surface area contributed by atoms with E-state index in [4.69, 9.17) is 0 Å². The molecule has 7 heteroatoms. The summed E-state index contributed by atoms with van der Waals surface area (Å²) in [7, 11) is 4.01. The van der Waals surface area contributed by atoms with Gasteiger partial charge in [0, 0.05) is 65.7 Å². The molecule has 0 radical (unpaired) electrons. The minimum absolute atomic E-state index is 0.745. The summed E-state index contributed by atoms with van der Waals surface area (Å²) in [6.07, 6.45) is 7.38. The van der Waals surface area contributed by atoms with Crippen molar-refractivity contribution < 1.29 is 0 Å². The number of hydrogen-bond acceptors (Lipinski definition) is 5. The molecule has 0 bridgehead atoms. The molecule has 6 aromatic rings. The first-order valence-electron chi connectivity index (χ1n) is 10.7. The van der Waals surface area contributed by atoms with Crippen molar-refractivity contribution in [1.82, 2.24) is 30.1 Å². The topological polar surface area (TPSA) is 86.4 Å². The normalized spacial score (nSPS) is 11.3. The van der Waals surface area contributed by atoms with Gasteiger partial charge in [0.25, 0.3) is 0 Å². The Morgan fingerprint density at radius 1 is 0.818 bits per heavy atom. The zero-order valence-electron chi connectivity index (χ0n) is 18.2. The second-order valence-electron chi connectivity index (χ2n) is 8.18. The van der Waals surface area contributed by atoms with Crippen molar-refractivity contribution in [3.8, 4) is 33.8 Å². The largest absolute Gasteiger partial charge is 0.376 e. The van der Waals surface area contributed by atoms with Gasteiger partial charge in [-0.05, 0) is 36.4 Å². The zero-order valence-corrected chi connectivity index (χ0v) is 18.2. The van der Waals surface area contributed by atoms with Crippen LogP contribution in [-0.2, 0) is 0 Å². The summed E-state index contributed by atoms with van der Waals surface area (Å²) >= 11 is 0. The van der Waals surface area contributed by atoms with E-state index < -0.39 is 0 Å². The molecule has 2 N–H and O–H groups in total. The monoisotopic (exact) mass is 431 g/mol. The molecule has 7 nitrogen and oxygen atoms in total. The fourth-order valence-electron chi connectivity index (χ4n) is 4.13. The van der Waals surface area contributed by atoms with Gasteiger partial charge in [0.1, 0.15) is 5.69 Å². The molecule has 0 saturated carbocycles. The first-order valence-corrected chi connectivity index (χ1v) is 10.7. The Morgan fingerprint density at radius 3 is 2.58 bits per heavy atom. The van der Waals surface area contributed by atoms with Crippen molar-refractivity contribution in [2.75, 3.05) is 19.0 Å². The van der Waals surface area contributed by atoms with Crippen molar-refractivity contribution in [2.45, 2.75) is 0 Å². The Hall–Kier alpha value is -4.52. The third-order valence-corrected chi connectivity index (χ3v) is 5.85. The number of aromatic nitrogens is 6. The second kappa shape index (κ2) is 7.56. The molecule has 160 valence electrons. The summed E-state index contributed by atoms with van der Waals surface area (Å²) in [5, 5.41) is 9.71. The Kier molecular flexibility index (Phi) is 4.40. The van der Waals surface area contributed by atoms with Gasteiger partial charge in [-0.3, -0.25) is 15.1 Å². The lowest BCUT2D eigenvalue weighted by molar-refractivity contribution is 1.10. The van der Waals surface area contributed by atoms with Crippen LogP contribution in [0.5, 0.6) is 0 Å². The number of aromatic amines is 2. The number of fused-ring (bicyclic) bond motifs is 2. The van der Waals surface area contributed by atoms with E-state index in [1.807, 2.05) is 68.0 Å². The summed E-state index contributed by atoms with van der Waals surface area (Å²) < 4.78 is 0. The van der Waals surface area contributed by atoms with Crippen molar-refractivity contribution in [2.24, 2.45) is 0 Å². The minimum atomic E-state index is 0.745. The van der Waals surface area contributed by atoms with E-state index in [1.165, 1.54) is 0 Å². The van der Waals surface area contributed by atoms with Gasteiger partial charge in [0.15, 0.2) is 5.65 Å². The smallest absolute Gasteiger partial charge is 0.155 e. The van der Waals surface area contributed by atoms with Crippen LogP contribution in [0.15, 0.2) is 79.4 Å². The molecule has 0 saturated heterocycles. The quantitative estimate of drug-likeness (QED) is 0.396. The summed E-state index contributed by atoms with van der Waals surface area (Å²) in [5.41, 5.74) is 8.61. The van der Waals surface area contributed by atoms with Crippen molar-refractivity contribution >= 4 is 27.6 Å². The fourth-order valence-corrected chi connectivity index (χ4v) is 4.13. The Balaban J connectivity index is 1.48. The van der Waals surface area contributed by atoms with Crippen LogP contribution in [0.1, 0.15) is 0 Å². The Morgan fingerprint density at radius 2 is 1.73 bits per heavy atom. The Labute approximate surface area is 190 Å². The molecule has 0 amide bonds. The second-order valence-corrected chi connectivity index (χ2v) is 8.18. The van der Waals surface area contributed by atoms with Gasteiger partial charge in [0.2, 0.25) is 0 Å². The van der Waals surface area contributed by atoms with Gasteiger partial charge >= 0.3 is 0 Å². The van der Waals surface area contributed by atoms with Crippen molar-refractivity contribution in [3.63, 3.8) is 0 Å². The van der Waals surface area contributed by atoms with Gasteiger partial charge in [-0.1, -0.05) is 18.2 Å². The van der Waals surface area contributed by atoms with Crippen molar-refractivity contribution in [1.29, 1.82) is 0 Å². The highest BCUT2D eigenvalue weighted by atomic mass is 15.2. The SMILES string of the molecule is CN(C)c1cncc(-c2cnc3[nH]nc(-c4cc5c(-c6ccccn6)cccc5[nH]4)c3c2)c1. The number of anilines is 1. The fraction of sp³-hybridized carbons (Fsp3) is 0.0769. The molecule has 6 rings (SSSR count). The summed E-state index contributed by atoms with van der Waals surface area (Å²) in [6.45, 7) is 0. The number of benzene rings is 1. The Bertz CT molecular complexity index is 1600. The van der Waals surface area contributed by atoms with Crippen LogP contribution < -0.4 is 4.90 Å². The highest BCUT2D eigenvalue weighted by Gasteiger charge is 2.15. The predicted molar refractivity (Wildman–Crippen MR) is 132 cm³/mol. The van der Waals surface area contributed by atoms with Gasteiger partial charge < -0.3 is 9.88 Å². The third-order valence-electron chi connectivity index (χ3n) is 5.85. The van der Waals surface area contributed by atoms with Crippen LogP contribution in [0.25, 0.3) is 55.7 Å². The maximum Gasteiger partial charge on any atom is 0.155 e. The molecular formula is C26H21N7. The molecule has 0 atom stereocenters. The predicted octanol–water partition coefficient (Wildman–Crippen LogP) is 5.30. The molecular weight excluding hydrogens is 410 g/mol. The minimum Gasteiger partial charge on any atom is -0.376 e. The van der Waals surface area contributed by atoms with Gasteiger partial charge in [0.05, 0.1) is 23.3 Å². The number of hydrogen-bond donors (Lipinski definition) is 2. The lowest BCUT2D eigenvalue weighted by Crippen LogP contribution is -2.08. The summed E-state index contributed by atoms with van der Waals surface area (Å²) in [6, 6.07) is 18.5. The standard InChI is InChI=1S/C26H21N7/c1-33(2)18-10-16(13-27-15-18)17-11-21-25(31-32-26(21)29-14-17)24-12-20-19(6-5-8-23(20)30-24)22-7-3-4-9-28-22/h3-15,30H,1-2H3,(H,29,31,32). The summed E-state index contributed by atoms with van der Waals surface area (Å²) in [5.74, 6) is 0. The van der Waals surface area contributed by atoms with Crippen molar-refractivity contribution in [3.05, 3.63) is 79.4 Å².